The Morgan fingerprint density at radius 2 is 1.94 bits per heavy atom. The number of benzene rings is 1. The van der Waals surface area contributed by atoms with Crippen LogP contribution in [0.25, 0.3) is 0 Å². The van der Waals surface area contributed by atoms with E-state index in [0.29, 0.717) is 18.8 Å². The second-order valence-corrected chi connectivity index (χ2v) is 4.11. The van der Waals surface area contributed by atoms with Gasteiger partial charge in [0, 0.05) is 6.54 Å². The third-order valence-corrected chi connectivity index (χ3v) is 2.72. The molecule has 0 saturated heterocycles. The smallest absolute Gasteiger partial charge is 0.410 e. The number of rotatable bonds is 4. The zero-order valence-electron chi connectivity index (χ0n) is 10.7. The molecule has 94 valence electrons. The van der Waals surface area contributed by atoms with E-state index in [-0.39, 0.29) is 0 Å². The molecule has 4 nitrogen and oxygen atoms in total. The van der Waals surface area contributed by atoms with Crippen molar-refractivity contribution in [2.24, 2.45) is 5.73 Å². The fourth-order valence-electron chi connectivity index (χ4n) is 1.50. The SMILES string of the molecule is Cc1ccc(C)c(OC(=O)NCCCN)c1C. The first-order chi connectivity index (χ1) is 8.06. The first-order valence-electron chi connectivity index (χ1n) is 5.78. The minimum absolute atomic E-state index is 0.421. The molecule has 0 aliphatic carbocycles. The largest absolute Gasteiger partial charge is 0.412 e. The van der Waals surface area contributed by atoms with Crippen LogP contribution < -0.4 is 15.8 Å². The van der Waals surface area contributed by atoms with E-state index < -0.39 is 6.09 Å². The van der Waals surface area contributed by atoms with Crippen molar-refractivity contribution in [3.63, 3.8) is 0 Å². The summed E-state index contributed by atoms with van der Waals surface area (Å²) in [6, 6.07) is 3.97. The first kappa shape index (κ1) is 13.5. The maximum atomic E-state index is 11.5. The van der Waals surface area contributed by atoms with E-state index in [1.807, 2.05) is 32.9 Å². The van der Waals surface area contributed by atoms with Gasteiger partial charge in [0.05, 0.1) is 0 Å². The van der Waals surface area contributed by atoms with Crippen molar-refractivity contribution in [1.29, 1.82) is 0 Å². The van der Waals surface area contributed by atoms with Gasteiger partial charge in [0.2, 0.25) is 0 Å². The Morgan fingerprint density at radius 1 is 1.29 bits per heavy atom. The highest BCUT2D eigenvalue weighted by Crippen LogP contribution is 2.25. The van der Waals surface area contributed by atoms with Gasteiger partial charge in [0.15, 0.2) is 0 Å². The highest BCUT2D eigenvalue weighted by atomic mass is 16.6. The molecule has 0 spiro atoms. The molecule has 0 radical (unpaired) electrons. The minimum atomic E-state index is -0.421. The fourth-order valence-corrected chi connectivity index (χ4v) is 1.50. The van der Waals surface area contributed by atoms with Crippen LogP contribution >= 0.6 is 0 Å². The average Bonchev–Trinajstić information content (AvgIpc) is 2.30. The van der Waals surface area contributed by atoms with E-state index in [1.165, 1.54) is 0 Å². The molecule has 0 aromatic heterocycles. The van der Waals surface area contributed by atoms with Crippen molar-refractivity contribution < 1.29 is 9.53 Å². The normalized spacial score (nSPS) is 10.1. The Bertz CT molecular complexity index is 403. The van der Waals surface area contributed by atoms with Gasteiger partial charge in [-0.1, -0.05) is 12.1 Å². The molecule has 1 rings (SSSR count). The van der Waals surface area contributed by atoms with Gasteiger partial charge in [-0.25, -0.2) is 4.79 Å². The van der Waals surface area contributed by atoms with Gasteiger partial charge in [-0.05, 0) is 50.4 Å². The van der Waals surface area contributed by atoms with Gasteiger partial charge in [0.1, 0.15) is 5.75 Å². The number of amides is 1. The topological polar surface area (TPSA) is 64.3 Å². The van der Waals surface area contributed by atoms with E-state index in [4.69, 9.17) is 10.5 Å². The van der Waals surface area contributed by atoms with E-state index in [1.54, 1.807) is 0 Å². The van der Waals surface area contributed by atoms with Crippen LogP contribution in [-0.4, -0.2) is 19.2 Å². The second kappa shape index (κ2) is 6.25. The summed E-state index contributed by atoms with van der Waals surface area (Å²) in [5, 5.41) is 2.66. The predicted octanol–water partition coefficient (Wildman–Crippen LogP) is 2.05. The molecule has 0 unspecified atom stereocenters. The molecule has 0 atom stereocenters. The zero-order valence-corrected chi connectivity index (χ0v) is 10.7. The predicted molar refractivity (Wildman–Crippen MR) is 68.4 cm³/mol. The summed E-state index contributed by atoms with van der Waals surface area (Å²) in [5.74, 6) is 0.648. The summed E-state index contributed by atoms with van der Waals surface area (Å²) in [5.41, 5.74) is 8.41. The maximum absolute atomic E-state index is 11.5. The number of aryl methyl sites for hydroxylation is 2. The quantitative estimate of drug-likeness (QED) is 0.786. The summed E-state index contributed by atoms with van der Waals surface area (Å²) < 4.78 is 5.31. The highest BCUT2D eigenvalue weighted by Gasteiger charge is 2.10. The molecule has 1 amide bonds. The van der Waals surface area contributed by atoms with E-state index >= 15 is 0 Å². The van der Waals surface area contributed by atoms with Crippen molar-refractivity contribution in [1.82, 2.24) is 5.32 Å². The average molecular weight is 236 g/mol. The molecule has 0 bridgehead atoms. The molecule has 3 N–H and O–H groups in total. The molecule has 0 aliphatic rings. The molecule has 4 heteroatoms. The van der Waals surface area contributed by atoms with Crippen LogP contribution in [0.1, 0.15) is 23.1 Å². The molecule has 17 heavy (non-hydrogen) atoms. The number of nitrogens with one attached hydrogen (secondary N) is 1. The Morgan fingerprint density at radius 3 is 2.59 bits per heavy atom. The number of hydrogen-bond acceptors (Lipinski definition) is 3. The standard InChI is InChI=1S/C13H20N2O2/c1-9-5-6-10(2)12(11(9)3)17-13(16)15-8-4-7-14/h5-6H,4,7-8,14H2,1-3H3,(H,15,16). The lowest BCUT2D eigenvalue weighted by atomic mass is 10.1. The lowest BCUT2D eigenvalue weighted by Crippen LogP contribution is -2.29. The van der Waals surface area contributed by atoms with Crippen LogP contribution in [0.2, 0.25) is 0 Å². The van der Waals surface area contributed by atoms with Gasteiger partial charge in [0.25, 0.3) is 0 Å². The lowest BCUT2D eigenvalue weighted by molar-refractivity contribution is 0.200. The molecule has 0 fully saturated rings. The van der Waals surface area contributed by atoms with Gasteiger partial charge in [-0.2, -0.15) is 0 Å². The molecule has 1 aromatic rings. The van der Waals surface area contributed by atoms with Crippen LogP contribution in [0.4, 0.5) is 4.79 Å². The van der Waals surface area contributed by atoms with Crippen LogP contribution in [0.3, 0.4) is 0 Å². The number of carbonyl (C=O) groups is 1. The van der Waals surface area contributed by atoms with E-state index in [0.717, 1.165) is 23.1 Å². The summed E-state index contributed by atoms with van der Waals surface area (Å²) in [6.07, 6.45) is 0.330. The van der Waals surface area contributed by atoms with Gasteiger partial charge >= 0.3 is 6.09 Å². The van der Waals surface area contributed by atoms with Crippen LogP contribution in [0, 0.1) is 20.8 Å². The van der Waals surface area contributed by atoms with Crippen molar-refractivity contribution in [2.45, 2.75) is 27.2 Å². The van der Waals surface area contributed by atoms with Gasteiger partial charge < -0.3 is 15.8 Å². The summed E-state index contributed by atoms with van der Waals surface area (Å²) in [4.78, 5) is 11.5. The summed E-state index contributed by atoms with van der Waals surface area (Å²) >= 11 is 0. The van der Waals surface area contributed by atoms with Crippen LogP contribution in [0.5, 0.6) is 5.75 Å². The lowest BCUT2D eigenvalue weighted by Gasteiger charge is -2.12. The number of nitrogens with two attached hydrogens (primary N) is 1. The Hall–Kier alpha value is -1.55. The molecule has 0 aliphatic heterocycles. The maximum Gasteiger partial charge on any atom is 0.412 e. The molecule has 0 heterocycles. The monoisotopic (exact) mass is 236 g/mol. The van der Waals surface area contributed by atoms with E-state index in [9.17, 15) is 4.79 Å². The number of hydrogen-bond donors (Lipinski definition) is 2. The Labute approximate surface area is 102 Å². The molecular weight excluding hydrogens is 216 g/mol. The molecule has 0 saturated carbocycles. The summed E-state index contributed by atoms with van der Waals surface area (Å²) in [7, 11) is 0. The van der Waals surface area contributed by atoms with Crippen LogP contribution in [0.15, 0.2) is 12.1 Å². The molecular formula is C13H20N2O2. The van der Waals surface area contributed by atoms with Gasteiger partial charge in [-0.15, -0.1) is 0 Å². The van der Waals surface area contributed by atoms with Crippen molar-refractivity contribution in [3.8, 4) is 5.75 Å². The number of ether oxygens (including phenoxy) is 1. The first-order valence-corrected chi connectivity index (χ1v) is 5.78. The minimum Gasteiger partial charge on any atom is -0.410 e. The van der Waals surface area contributed by atoms with E-state index in [2.05, 4.69) is 5.32 Å². The van der Waals surface area contributed by atoms with Crippen molar-refractivity contribution in [2.75, 3.05) is 13.1 Å². The highest BCUT2D eigenvalue weighted by molar-refractivity contribution is 5.71. The summed E-state index contributed by atoms with van der Waals surface area (Å²) in [6.45, 7) is 6.97. The third kappa shape index (κ3) is 3.75. The zero-order chi connectivity index (χ0) is 12.8. The van der Waals surface area contributed by atoms with Crippen molar-refractivity contribution >= 4 is 6.09 Å². The second-order valence-electron chi connectivity index (χ2n) is 4.11. The molecule has 1 aromatic carbocycles. The Balaban J connectivity index is 2.68. The third-order valence-electron chi connectivity index (χ3n) is 2.72. The Kier molecular flexibility index (Phi) is 4.97. The fraction of sp³-hybridized carbons (Fsp3) is 0.462. The van der Waals surface area contributed by atoms with Crippen molar-refractivity contribution in [3.05, 3.63) is 28.8 Å². The number of carbonyl (C=O) groups excluding carboxylic acids is 1. The van der Waals surface area contributed by atoms with Crippen LogP contribution in [-0.2, 0) is 0 Å². The van der Waals surface area contributed by atoms with Gasteiger partial charge in [-0.3, -0.25) is 0 Å².